The highest BCUT2D eigenvalue weighted by Crippen LogP contribution is 2.13. The standard InChI is InChI=1S/C17H23NO6/c1-11(14(19)20)13(15(21)24-17(2,3)4)18-16(22)23-10-12-8-6-5-7-9-12/h5-9,11,13H,10H2,1-4H3,(H,18,22)(H,19,20)/t11-,13-/m0/s1. The molecule has 24 heavy (non-hydrogen) atoms. The van der Waals surface area contributed by atoms with E-state index >= 15 is 0 Å². The van der Waals surface area contributed by atoms with Gasteiger partial charge in [0.2, 0.25) is 0 Å². The molecule has 132 valence electrons. The maximum Gasteiger partial charge on any atom is 0.408 e. The zero-order valence-corrected chi connectivity index (χ0v) is 14.2. The van der Waals surface area contributed by atoms with E-state index in [4.69, 9.17) is 14.6 Å². The molecule has 1 amide bonds. The summed E-state index contributed by atoms with van der Waals surface area (Å²) in [5.74, 6) is -3.22. The maximum atomic E-state index is 12.2. The van der Waals surface area contributed by atoms with E-state index in [0.717, 1.165) is 5.56 Å². The molecule has 0 saturated carbocycles. The van der Waals surface area contributed by atoms with Crippen molar-refractivity contribution in [2.75, 3.05) is 0 Å². The van der Waals surface area contributed by atoms with Crippen LogP contribution in [0.15, 0.2) is 30.3 Å². The van der Waals surface area contributed by atoms with E-state index in [-0.39, 0.29) is 6.61 Å². The second-order valence-electron chi connectivity index (χ2n) is 6.34. The number of rotatable bonds is 6. The first-order chi connectivity index (χ1) is 11.1. The maximum absolute atomic E-state index is 12.2. The number of alkyl carbamates (subject to hydrolysis) is 1. The Kier molecular flexibility index (Phi) is 6.76. The lowest BCUT2D eigenvalue weighted by atomic mass is 10.0. The van der Waals surface area contributed by atoms with E-state index in [9.17, 15) is 14.4 Å². The van der Waals surface area contributed by atoms with Crippen LogP contribution in [0.5, 0.6) is 0 Å². The number of carbonyl (C=O) groups is 3. The summed E-state index contributed by atoms with van der Waals surface area (Å²) in [6, 6.07) is 7.64. The number of nitrogens with one attached hydrogen (secondary N) is 1. The molecule has 2 atom stereocenters. The fourth-order valence-corrected chi connectivity index (χ4v) is 1.79. The molecule has 0 bridgehead atoms. The molecule has 0 heterocycles. The van der Waals surface area contributed by atoms with Crippen molar-refractivity contribution in [2.24, 2.45) is 5.92 Å². The number of hydrogen-bond acceptors (Lipinski definition) is 5. The number of carboxylic acids is 1. The van der Waals surface area contributed by atoms with Crippen molar-refractivity contribution in [1.29, 1.82) is 0 Å². The molecular weight excluding hydrogens is 314 g/mol. The van der Waals surface area contributed by atoms with Gasteiger partial charge in [-0.3, -0.25) is 4.79 Å². The van der Waals surface area contributed by atoms with Crippen LogP contribution in [0.2, 0.25) is 0 Å². The number of carboxylic acid groups (broad SMARTS) is 1. The molecule has 0 radical (unpaired) electrons. The van der Waals surface area contributed by atoms with Crippen molar-refractivity contribution < 1.29 is 29.0 Å². The lowest BCUT2D eigenvalue weighted by Gasteiger charge is -2.26. The summed E-state index contributed by atoms with van der Waals surface area (Å²) in [5.41, 5.74) is -0.0313. The molecule has 1 rings (SSSR count). The van der Waals surface area contributed by atoms with Gasteiger partial charge < -0.3 is 19.9 Å². The largest absolute Gasteiger partial charge is 0.481 e. The fourth-order valence-electron chi connectivity index (χ4n) is 1.79. The van der Waals surface area contributed by atoms with Gasteiger partial charge in [-0.15, -0.1) is 0 Å². The molecule has 0 aliphatic rings. The van der Waals surface area contributed by atoms with Crippen LogP contribution in [0.4, 0.5) is 4.79 Å². The zero-order valence-electron chi connectivity index (χ0n) is 14.2. The first-order valence-corrected chi connectivity index (χ1v) is 7.53. The first kappa shape index (κ1) is 19.5. The third-order valence-corrected chi connectivity index (χ3v) is 3.04. The van der Waals surface area contributed by atoms with Crippen molar-refractivity contribution in [3.8, 4) is 0 Å². The minimum absolute atomic E-state index is 0.00909. The molecule has 0 aromatic heterocycles. The van der Waals surface area contributed by atoms with Gasteiger partial charge in [0.25, 0.3) is 0 Å². The third kappa shape index (κ3) is 6.68. The number of aliphatic carboxylic acids is 1. The highest BCUT2D eigenvalue weighted by molar-refractivity contribution is 5.87. The lowest BCUT2D eigenvalue weighted by Crippen LogP contribution is -2.50. The molecular formula is C17H23NO6. The highest BCUT2D eigenvalue weighted by atomic mass is 16.6. The molecule has 0 spiro atoms. The van der Waals surface area contributed by atoms with Gasteiger partial charge in [-0.25, -0.2) is 9.59 Å². The number of benzene rings is 1. The van der Waals surface area contributed by atoms with Crippen LogP contribution in [0.3, 0.4) is 0 Å². The Morgan fingerprint density at radius 3 is 2.25 bits per heavy atom. The summed E-state index contributed by atoms with van der Waals surface area (Å²) in [5, 5.41) is 11.4. The van der Waals surface area contributed by atoms with Crippen molar-refractivity contribution in [1.82, 2.24) is 5.32 Å². The van der Waals surface area contributed by atoms with Crippen LogP contribution in [-0.4, -0.2) is 34.8 Å². The first-order valence-electron chi connectivity index (χ1n) is 7.53. The zero-order chi connectivity index (χ0) is 18.3. The van der Waals surface area contributed by atoms with Gasteiger partial charge in [-0.2, -0.15) is 0 Å². The normalized spacial score (nSPS) is 13.5. The summed E-state index contributed by atoms with van der Waals surface area (Å²) in [4.78, 5) is 35.2. The molecule has 1 aromatic carbocycles. The Morgan fingerprint density at radius 2 is 1.75 bits per heavy atom. The minimum Gasteiger partial charge on any atom is -0.481 e. The Bertz CT molecular complexity index is 578. The van der Waals surface area contributed by atoms with Crippen LogP contribution < -0.4 is 5.32 Å². The summed E-state index contributed by atoms with van der Waals surface area (Å²) in [6.07, 6.45) is -0.886. The van der Waals surface area contributed by atoms with Crippen LogP contribution in [0.25, 0.3) is 0 Å². The molecule has 0 fully saturated rings. The van der Waals surface area contributed by atoms with Crippen molar-refractivity contribution in [2.45, 2.75) is 45.9 Å². The smallest absolute Gasteiger partial charge is 0.408 e. The molecule has 0 saturated heterocycles. The van der Waals surface area contributed by atoms with E-state index in [1.165, 1.54) is 6.92 Å². The van der Waals surface area contributed by atoms with Gasteiger partial charge in [0, 0.05) is 0 Å². The summed E-state index contributed by atoms with van der Waals surface area (Å²) < 4.78 is 10.2. The summed E-state index contributed by atoms with van der Waals surface area (Å²) in [7, 11) is 0. The fraction of sp³-hybridized carbons (Fsp3) is 0.471. The number of ether oxygens (including phenoxy) is 2. The molecule has 0 aliphatic carbocycles. The van der Waals surface area contributed by atoms with Crippen LogP contribution >= 0.6 is 0 Å². The number of amides is 1. The number of hydrogen-bond donors (Lipinski definition) is 2. The third-order valence-electron chi connectivity index (χ3n) is 3.04. The predicted molar refractivity (Wildman–Crippen MR) is 86.2 cm³/mol. The topological polar surface area (TPSA) is 102 Å². The van der Waals surface area contributed by atoms with Gasteiger partial charge in [0.05, 0.1) is 5.92 Å². The van der Waals surface area contributed by atoms with E-state index < -0.39 is 35.6 Å². The average molecular weight is 337 g/mol. The van der Waals surface area contributed by atoms with E-state index in [1.807, 2.05) is 6.07 Å². The SMILES string of the molecule is C[C@H](C(=O)O)[C@H](NC(=O)OCc1ccccc1)C(=O)OC(C)(C)C. The van der Waals surface area contributed by atoms with Gasteiger partial charge in [0.15, 0.2) is 0 Å². The number of carbonyl (C=O) groups excluding carboxylic acids is 2. The second kappa shape index (κ2) is 8.33. The molecule has 7 heteroatoms. The van der Waals surface area contributed by atoms with Crippen molar-refractivity contribution in [3.05, 3.63) is 35.9 Å². The Balaban J connectivity index is 2.71. The van der Waals surface area contributed by atoms with Crippen LogP contribution in [0.1, 0.15) is 33.3 Å². The van der Waals surface area contributed by atoms with Crippen molar-refractivity contribution in [3.63, 3.8) is 0 Å². The Morgan fingerprint density at radius 1 is 1.17 bits per heavy atom. The summed E-state index contributed by atoms with van der Waals surface area (Å²) >= 11 is 0. The highest BCUT2D eigenvalue weighted by Gasteiger charge is 2.35. The van der Waals surface area contributed by atoms with E-state index in [1.54, 1.807) is 45.0 Å². The van der Waals surface area contributed by atoms with Crippen LogP contribution in [0, 0.1) is 5.92 Å². The average Bonchev–Trinajstić information content (AvgIpc) is 2.49. The number of esters is 1. The molecule has 2 N–H and O–H groups in total. The van der Waals surface area contributed by atoms with Gasteiger partial charge in [0.1, 0.15) is 18.2 Å². The van der Waals surface area contributed by atoms with E-state index in [0.29, 0.717) is 0 Å². The summed E-state index contributed by atoms with van der Waals surface area (Å²) in [6.45, 7) is 6.28. The van der Waals surface area contributed by atoms with Crippen LogP contribution in [-0.2, 0) is 25.7 Å². The molecule has 7 nitrogen and oxygen atoms in total. The van der Waals surface area contributed by atoms with E-state index in [2.05, 4.69) is 5.32 Å². The molecule has 0 aliphatic heterocycles. The lowest BCUT2D eigenvalue weighted by molar-refractivity contribution is -0.162. The Hall–Kier alpha value is -2.57. The van der Waals surface area contributed by atoms with Gasteiger partial charge in [-0.1, -0.05) is 30.3 Å². The predicted octanol–water partition coefficient (Wildman–Crippen LogP) is 2.34. The minimum atomic E-state index is -1.34. The molecule has 0 unspecified atom stereocenters. The van der Waals surface area contributed by atoms with Crippen molar-refractivity contribution >= 4 is 18.0 Å². The second-order valence-corrected chi connectivity index (χ2v) is 6.34. The molecule has 1 aromatic rings. The van der Waals surface area contributed by atoms with Gasteiger partial charge in [-0.05, 0) is 33.3 Å². The quantitative estimate of drug-likeness (QED) is 0.773. The van der Waals surface area contributed by atoms with Gasteiger partial charge >= 0.3 is 18.0 Å². The monoisotopic (exact) mass is 337 g/mol. The Labute approximate surface area is 141 Å².